The van der Waals surface area contributed by atoms with Crippen molar-refractivity contribution in [2.75, 3.05) is 6.61 Å². The lowest BCUT2D eigenvalue weighted by Crippen LogP contribution is -2.34. The van der Waals surface area contributed by atoms with Gasteiger partial charge in [-0.05, 0) is 19.4 Å². The molecule has 0 aromatic carbocycles. The minimum absolute atomic E-state index is 0.657. The molecule has 12 heavy (non-hydrogen) atoms. The molecule has 0 aliphatic heterocycles. The second kappa shape index (κ2) is 4.88. The fourth-order valence-electron chi connectivity index (χ4n) is 1.06. The molecule has 0 N–H and O–H groups in total. The first-order valence-corrected chi connectivity index (χ1v) is 4.42. The summed E-state index contributed by atoms with van der Waals surface area (Å²) in [7, 11) is 0. The fraction of sp³-hybridized carbons (Fsp3) is 0.500. The molecule has 0 spiro atoms. The van der Waals surface area contributed by atoms with E-state index in [0.717, 1.165) is 13.0 Å². The highest BCUT2D eigenvalue weighted by Crippen LogP contribution is 1.93. The summed E-state index contributed by atoms with van der Waals surface area (Å²) < 4.78 is 7.34. The molecule has 0 aliphatic carbocycles. The number of nitrogens with zero attached hydrogens (tertiary/aromatic N) is 1. The van der Waals surface area contributed by atoms with Crippen molar-refractivity contribution in [1.82, 2.24) is 0 Å². The third-order valence-corrected chi connectivity index (χ3v) is 1.77. The number of pyridine rings is 1. The molecule has 1 aromatic rings. The maximum atomic E-state index is 5.28. The van der Waals surface area contributed by atoms with Gasteiger partial charge in [0.1, 0.15) is 0 Å². The van der Waals surface area contributed by atoms with Gasteiger partial charge in [0.15, 0.2) is 12.4 Å². The van der Waals surface area contributed by atoms with Crippen LogP contribution in [0.25, 0.3) is 0 Å². The Morgan fingerprint density at radius 1 is 1.42 bits per heavy atom. The monoisotopic (exact) mass is 166 g/mol. The summed E-state index contributed by atoms with van der Waals surface area (Å²) in [6, 6.07) is 4.18. The highest BCUT2D eigenvalue weighted by molar-refractivity contribution is 5.04. The maximum Gasteiger partial charge on any atom is 0.252 e. The number of hydrogen-bond donors (Lipinski definition) is 0. The van der Waals surface area contributed by atoms with Gasteiger partial charge in [-0.15, -0.1) is 0 Å². The van der Waals surface area contributed by atoms with Crippen molar-refractivity contribution < 1.29 is 9.30 Å². The normalized spacial score (nSPS) is 10.2. The Morgan fingerprint density at radius 2 is 2.25 bits per heavy atom. The lowest BCUT2D eigenvalue weighted by molar-refractivity contribution is -0.732. The molecule has 2 nitrogen and oxygen atoms in total. The molecule has 0 atom stereocenters. The third kappa shape index (κ3) is 2.62. The Bertz CT molecular complexity index is 235. The Kier molecular flexibility index (Phi) is 3.74. The first-order chi connectivity index (χ1) is 5.86. The summed E-state index contributed by atoms with van der Waals surface area (Å²) in [6.45, 7) is 5.58. The van der Waals surface area contributed by atoms with Crippen LogP contribution in [0.3, 0.4) is 0 Å². The number of aryl methyl sites for hydroxylation is 1. The maximum absolute atomic E-state index is 5.28. The van der Waals surface area contributed by atoms with E-state index in [1.165, 1.54) is 5.56 Å². The van der Waals surface area contributed by atoms with E-state index in [2.05, 4.69) is 29.8 Å². The Labute approximate surface area is 73.8 Å². The van der Waals surface area contributed by atoms with Crippen molar-refractivity contribution >= 4 is 0 Å². The Balaban J connectivity index is 2.60. The number of aromatic nitrogens is 1. The van der Waals surface area contributed by atoms with Crippen LogP contribution in [0.15, 0.2) is 24.5 Å². The van der Waals surface area contributed by atoms with Crippen LogP contribution in [-0.4, -0.2) is 6.61 Å². The van der Waals surface area contributed by atoms with E-state index >= 15 is 0 Å². The van der Waals surface area contributed by atoms with E-state index < -0.39 is 0 Å². The van der Waals surface area contributed by atoms with E-state index in [1.54, 1.807) is 0 Å². The van der Waals surface area contributed by atoms with Gasteiger partial charge in [0.05, 0.1) is 6.61 Å². The Hall–Kier alpha value is -0.890. The van der Waals surface area contributed by atoms with Crippen LogP contribution in [0, 0.1) is 0 Å². The highest BCUT2D eigenvalue weighted by atomic mass is 16.5. The van der Waals surface area contributed by atoms with E-state index in [-0.39, 0.29) is 0 Å². The highest BCUT2D eigenvalue weighted by Gasteiger charge is 1.99. The average molecular weight is 166 g/mol. The van der Waals surface area contributed by atoms with Gasteiger partial charge in [0.25, 0.3) is 6.73 Å². The smallest absolute Gasteiger partial charge is 0.252 e. The predicted octanol–water partition coefficient (Wildman–Crippen LogP) is 1.53. The van der Waals surface area contributed by atoms with Crippen molar-refractivity contribution in [2.24, 2.45) is 0 Å². The summed E-state index contributed by atoms with van der Waals surface area (Å²) in [4.78, 5) is 0. The van der Waals surface area contributed by atoms with Crippen LogP contribution >= 0.6 is 0 Å². The van der Waals surface area contributed by atoms with Gasteiger partial charge in [-0.2, -0.15) is 4.57 Å². The van der Waals surface area contributed by atoms with E-state index in [4.69, 9.17) is 4.74 Å². The van der Waals surface area contributed by atoms with E-state index in [0.29, 0.717) is 6.73 Å². The predicted molar refractivity (Wildman–Crippen MR) is 47.6 cm³/mol. The average Bonchev–Trinajstić information content (AvgIpc) is 2.15. The van der Waals surface area contributed by atoms with Gasteiger partial charge in [-0.25, -0.2) is 0 Å². The SMILES string of the molecule is CCOC[n+]1cccc(CC)c1. The van der Waals surface area contributed by atoms with Gasteiger partial charge in [-0.3, -0.25) is 0 Å². The molecule has 0 radical (unpaired) electrons. The molecule has 0 fully saturated rings. The summed E-state index contributed by atoms with van der Waals surface area (Å²) in [5, 5.41) is 0. The molecule has 2 heteroatoms. The van der Waals surface area contributed by atoms with Gasteiger partial charge in [0, 0.05) is 11.6 Å². The molecular weight excluding hydrogens is 150 g/mol. The minimum Gasteiger partial charge on any atom is -0.324 e. The molecule has 0 aliphatic rings. The van der Waals surface area contributed by atoms with Crippen LogP contribution < -0.4 is 4.57 Å². The lowest BCUT2D eigenvalue weighted by Gasteiger charge is -1.97. The molecule has 0 bridgehead atoms. The lowest BCUT2D eigenvalue weighted by atomic mass is 10.2. The standard InChI is InChI=1S/C10H16NO/c1-3-10-6-5-7-11(8-10)9-12-4-2/h5-8H,3-4,9H2,1-2H3/q+1. The summed E-state index contributed by atoms with van der Waals surface area (Å²) in [6.07, 6.45) is 5.22. The van der Waals surface area contributed by atoms with Crippen molar-refractivity contribution in [3.63, 3.8) is 0 Å². The molecule has 1 rings (SSSR count). The first-order valence-electron chi connectivity index (χ1n) is 4.42. The zero-order chi connectivity index (χ0) is 8.81. The largest absolute Gasteiger partial charge is 0.324 e. The molecule has 1 aromatic heterocycles. The van der Waals surface area contributed by atoms with Crippen LogP contribution in [0.1, 0.15) is 19.4 Å². The van der Waals surface area contributed by atoms with E-state index in [1.807, 2.05) is 13.1 Å². The molecule has 0 saturated heterocycles. The van der Waals surface area contributed by atoms with E-state index in [9.17, 15) is 0 Å². The third-order valence-electron chi connectivity index (χ3n) is 1.77. The van der Waals surface area contributed by atoms with Crippen molar-refractivity contribution in [3.05, 3.63) is 30.1 Å². The molecule has 0 unspecified atom stereocenters. The van der Waals surface area contributed by atoms with Crippen LogP contribution in [0.4, 0.5) is 0 Å². The zero-order valence-electron chi connectivity index (χ0n) is 7.79. The van der Waals surface area contributed by atoms with Gasteiger partial charge in [0.2, 0.25) is 0 Å². The van der Waals surface area contributed by atoms with Crippen molar-refractivity contribution in [1.29, 1.82) is 0 Å². The molecular formula is C10H16NO+. The van der Waals surface area contributed by atoms with Crippen LogP contribution in [0.5, 0.6) is 0 Å². The van der Waals surface area contributed by atoms with Gasteiger partial charge >= 0.3 is 0 Å². The summed E-state index contributed by atoms with van der Waals surface area (Å²) in [5.41, 5.74) is 1.34. The minimum atomic E-state index is 0.657. The van der Waals surface area contributed by atoms with Gasteiger partial charge < -0.3 is 4.74 Å². The summed E-state index contributed by atoms with van der Waals surface area (Å²) in [5.74, 6) is 0. The molecule has 0 amide bonds. The molecule has 66 valence electrons. The van der Waals surface area contributed by atoms with Gasteiger partial charge in [-0.1, -0.05) is 6.92 Å². The quantitative estimate of drug-likeness (QED) is 0.618. The van der Waals surface area contributed by atoms with Crippen molar-refractivity contribution in [2.45, 2.75) is 27.0 Å². The van der Waals surface area contributed by atoms with Crippen molar-refractivity contribution in [3.8, 4) is 0 Å². The number of hydrogen-bond acceptors (Lipinski definition) is 1. The zero-order valence-corrected chi connectivity index (χ0v) is 7.79. The molecule has 1 heterocycles. The second-order valence-corrected chi connectivity index (χ2v) is 2.70. The van der Waals surface area contributed by atoms with Crippen LogP contribution in [-0.2, 0) is 17.9 Å². The number of ether oxygens (including phenoxy) is 1. The second-order valence-electron chi connectivity index (χ2n) is 2.70. The fourth-order valence-corrected chi connectivity index (χ4v) is 1.06. The molecule has 0 saturated carbocycles. The topological polar surface area (TPSA) is 13.1 Å². The summed E-state index contributed by atoms with van der Waals surface area (Å²) >= 11 is 0. The first kappa shape index (κ1) is 9.20. The van der Waals surface area contributed by atoms with Crippen LogP contribution in [0.2, 0.25) is 0 Å². The Morgan fingerprint density at radius 3 is 2.92 bits per heavy atom. The number of rotatable bonds is 4.